The molecule has 0 bridgehead atoms. The van der Waals surface area contributed by atoms with Crippen LogP contribution in [-0.4, -0.2) is 36.3 Å². The molecule has 4 nitrogen and oxygen atoms in total. The van der Waals surface area contributed by atoms with E-state index in [1.54, 1.807) is 6.92 Å². The number of carbonyl (C=O) groups excluding carboxylic acids is 2. The molecular weight excluding hydrogens is 350 g/mol. The van der Waals surface area contributed by atoms with Crippen LogP contribution >= 0.6 is 0 Å². The number of likely N-dealkylation sites (tertiary alicyclic amines) is 1. The van der Waals surface area contributed by atoms with Gasteiger partial charge in [0.25, 0.3) is 0 Å². The first-order valence-electron chi connectivity index (χ1n) is 10.1. The van der Waals surface area contributed by atoms with Crippen molar-refractivity contribution < 1.29 is 14.3 Å². The second-order valence-electron chi connectivity index (χ2n) is 7.73. The molecule has 0 N–H and O–H groups in total. The number of nitrogens with zero attached hydrogens (tertiary/aromatic N) is 1. The average Bonchev–Trinajstić information content (AvgIpc) is 2.69. The van der Waals surface area contributed by atoms with E-state index >= 15 is 0 Å². The number of hydrogen-bond donors (Lipinski definition) is 0. The average molecular weight is 380 g/mol. The first kappa shape index (κ1) is 20.3. The molecule has 1 fully saturated rings. The molecule has 0 saturated carbocycles. The van der Waals surface area contributed by atoms with Crippen molar-refractivity contribution in [2.45, 2.75) is 39.7 Å². The standard InChI is InChI=1S/C24H29NO3/c1-3-28-23(27)24(16-20-9-5-4-6-10-20)13-8-14-25(18-24)17-21-11-7-12-22(15-21)19(2)26/h4-7,9-12,15H,3,8,13-14,16-18H2,1-2H3/t24-/m1/s1. The van der Waals surface area contributed by atoms with Crippen molar-refractivity contribution >= 4 is 11.8 Å². The van der Waals surface area contributed by atoms with Gasteiger partial charge in [0.2, 0.25) is 0 Å². The smallest absolute Gasteiger partial charge is 0.313 e. The highest BCUT2D eigenvalue weighted by atomic mass is 16.5. The zero-order valence-electron chi connectivity index (χ0n) is 16.8. The largest absolute Gasteiger partial charge is 0.466 e. The Morgan fingerprint density at radius 2 is 1.82 bits per heavy atom. The van der Waals surface area contributed by atoms with Crippen LogP contribution in [0.2, 0.25) is 0 Å². The van der Waals surface area contributed by atoms with Crippen LogP contribution in [0.25, 0.3) is 0 Å². The molecule has 3 rings (SSSR count). The van der Waals surface area contributed by atoms with Gasteiger partial charge in [-0.05, 0) is 56.8 Å². The van der Waals surface area contributed by atoms with Crippen molar-refractivity contribution in [3.63, 3.8) is 0 Å². The third-order valence-electron chi connectivity index (χ3n) is 5.49. The molecule has 1 aliphatic heterocycles. The van der Waals surface area contributed by atoms with Crippen molar-refractivity contribution in [2.75, 3.05) is 19.7 Å². The fourth-order valence-electron chi connectivity index (χ4n) is 4.16. The SMILES string of the molecule is CCOC(=O)[C@@]1(Cc2ccccc2)CCCN(Cc2cccc(C(C)=O)c2)C1. The van der Waals surface area contributed by atoms with Gasteiger partial charge in [-0.3, -0.25) is 14.5 Å². The van der Waals surface area contributed by atoms with Crippen LogP contribution < -0.4 is 0 Å². The third kappa shape index (κ3) is 4.87. The predicted octanol–water partition coefficient (Wildman–Crippen LogP) is 4.28. The molecule has 0 radical (unpaired) electrons. The Kier molecular flexibility index (Phi) is 6.63. The Morgan fingerprint density at radius 3 is 2.54 bits per heavy atom. The van der Waals surface area contributed by atoms with Gasteiger partial charge in [0.15, 0.2) is 5.78 Å². The van der Waals surface area contributed by atoms with Crippen molar-refractivity contribution in [1.29, 1.82) is 0 Å². The zero-order valence-corrected chi connectivity index (χ0v) is 16.8. The minimum atomic E-state index is -0.520. The summed E-state index contributed by atoms with van der Waals surface area (Å²) in [6.07, 6.45) is 2.49. The van der Waals surface area contributed by atoms with E-state index in [9.17, 15) is 9.59 Å². The summed E-state index contributed by atoms with van der Waals surface area (Å²) in [5.41, 5.74) is 2.48. The Bertz CT molecular complexity index is 818. The van der Waals surface area contributed by atoms with Gasteiger partial charge in [-0.2, -0.15) is 0 Å². The van der Waals surface area contributed by atoms with E-state index in [-0.39, 0.29) is 11.8 Å². The molecule has 4 heteroatoms. The molecule has 0 spiro atoms. The molecule has 148 valence electrons. The van der Waals surface area contributed by atoms with Gasteiger partial charge >= 0.3 is 5.97 Å². The Morgan fingerprint density at radius 1 is 1.07 bits per heavy atom. The van der Waals surface area contributed by atoms with Crippen molar-refractivity contribution in [1.82, 2.24) is 4.90 Å². The summed E-state index contributed by atoms with van der Waals surface area (Å²) in [7, 11) is 0. The topological polar surface area (TPSA) is 46.6 Å². The number of ketones is 1. The quantitative estimate of drug-likeness (QED) is 0.532. The van der Waals surface area contributed by atoms with Crippen molar-refractivity contribution in [3.05, 3.63) is 71.3 Å². The third-order valence-corrected chi connectivity index (χ3v) is 5.49. The van der Waals surface area contributed by atoms with Gasteiger partial charge in [0.05, 0.1) is 12.0 Å². The van der Waals surface area contributed by atoms with E-state index < -0.39 is 5.41 Å². The molecule has 0 aromatic heterocycles. The van der Waals surface area contributed by atoms with Crippen LogP contribution in [-0.2, 0) is 22.5 Å². The van der Waals surface area contributed by atoms with E-state index in [1.165, 1.54) is 0 Å². The Hall–Kier alpha value is -2.46. The van der Waals surface area contributed by atoms with Gasteiger partial charge in [0.1, 0.15) is 0 Å². The van der Waals surface area contributed by atoms with Gasteiger partial charge in [-0.15, -0.1) is 0 Å². The van der Waals surface area contributed by atoms with E-state index in [0.717, 1.165) is 42.6 Å². The lowest BCUT2D eigenvalue weighted by molar-refractivity contribution is -0.159. The molecule has 1 heterocycles. The summed E-state index contributed by atoms with van der Waals surface area (Å²) >= 11 is 0. The Labute approximate surface area is 167 Å². The molecule has 1 aliphatic rings. The number of piperidine rings is 1. The highest BCUT2D eigenvalue weighted by Crippen LogP contribution is 2.36. The Balaban J connectivity index is 1.80. The molecule has 2 aromatic rings. The van der Waals surface area contributed by atoms with Crippen LogP contribution in [0, 0.1) is 5.41 Å². The van der Waals surface area contributed by atoms with Gasteiger partial charge in [-0.25, -0.2) is 0 Å². The van der Waals surface area contributed by atoms with Crippen LogP contribution in [0.5, 0.6) is 0 Å². The minimum absolute atomic E-state index is 0.0745. The number of carbonyl (C=O) groups is 2. The molecule has 1 atom stereocenters. The molecule has 1 saturated heterocycles. The molecular formula is C24H29NO3. The summed E-state index contributed by atoms with van der Waals surface area (Å²) in [5.74, 6) is -0.0218. The van der Waals surface area contributed by atoms with Crippen LogP contribution in [0.3, 0.4) is 0 Å². The summed E-state index contributed by atoms with van der Waals surface area (Å²) in [5, 5.41) is 0. The zero-order chi connectivity index (χ0) is 20.0. The summed E-state index contributed by atoms with van der Waals surface area (Å²) < 4.78 is 5.50. The van der Waals surface area contributed by atoms with Crippen molar-refractivity contribution in [2.24, 2.45) is 5.41 Å². The van der Waals surface area contributed by atoms with Crippen molar-refractivity contribution in [3.8, 4) is 0 Å². The number of hydrogen-bond acceptors (Lipinski definition) is 4. The predicted molar refractivity (Wildman–Crippen MR) is 110 cm³/mol. The van der Waals surface area contributed by atoms with Crippen LogP contribution in [0.1, 0.15) is 48.2 Å². The second-order valence-corrected chi connectivity index (χ2v) is 7.73. The number of ether oxygens (including phenoxy) is 1. The van der Waals surface area contributed by atoms with E-state index in [4.69, 9.17) is 4.74 Å². The monoisotopic (exact) mass is 379 g/mol. The molecule has 0 aliphatic carbocycles. The van der Waals surface area contributed by atoms with Gasteiger partial charge < -0.3 is 4.74 Å². The first-order chi connectivity index (χ1) is 13.5. The first-order valence-corrected chi connectivity index (χ1v) is 10.1. The molecule has 0 amide bonds. The lowest BCUT2D eigenvalue weighted by Crippen LogP contribution is -2.49. The number of benzene rings is 2. The normalized spacial score (nSPS) is 19.9. The minimum Gasteiger partial charge on any atom is -0.466 e. The maximum atomic E-state index is 13.0. The van der Waals surface area contributed by atoms with E-state index in [2.05, 4.69) is 17.0 Å². The molecule has 28 heavy (non-hydrogen) atoms. The summed E-state index contributed by atoms with van der Waals surface area (Å²) in [6.45, 7) is 6.20. The molecule has 0 unspecified atom stereocenters. The summed E-state index contributed by atoms with van der Waals surface area (Å²) in [4.78, 5) is 27.0. The fourth-order valence-corrected chi connectivity index (χ4v) is 4.16. The maximum absolute atomic E-state index is 13.0. The van der Waals surface area contributed by atoms with E-state index in [0.29, 0.717) is 19.6 Å². The van der Waals surface area contributed by atoms with E-state index in [1.807, 2.05) is 49.4 Å². The van der Waals surface area contributed by atoms with Gasteiger partial charge in [0, 0.05) is 18.7 Å². The summed E-state index contributed by atoms with van der Waals surface area (Å²) in [6, 6.07) is 18.0. The maximum Gasteiger partial charge on any atom is 0.313 e. The number of Topliss-reactive ketones (excluding diaryl/α,β-unsaturated/α-hetero) is 1. The molecule has 2 aromatic carbocycles. The highest BCUT2D eigenvalue weighted by molar-refractivity contribution is 5.94. The lowest BCUT2D eigenvalue weighted by Gasteiger charge is -2.41. The fraction of sp³-hybridized carbons (Fsp3) is 0.417. The lowest BCUT2D eigenvalue weighted by atomic mass is 9.75. The van der Waals surface area contributed by atoms with Crippen LogP contribution in [0.4, 0.5) is 0 Å². The second kappa shape index (κ2) is 9.16. The van der Waals surface area contributed by atoms with Crippen LogP contribution in [0.15, 0.2) is 54.6 Å². The number of esters is 1. The highest BCUT2D eigenvalue weighted by Gasteiger charge is 2.43. The van der Waals surface area contributed by atoms with Gasteiger partial charge in [-0.1, -0.05) is 48.5 Å². The number of rotatable bonds is 7.